The number of benzene rings is 2. The minimum atomic E-state index is -0.156. The zero-order chi connectivity index (χ0) is 21.5. The summed E-state index contributed by atoms with van der Waals surface area (Å²) in [7, 11) is 3.17. The highest BCUT2D eigenvalue weighted by atomic mass is 16.5. The molecule has 0 saturated carbocycles. The molecule has 1 aromatic heterocycles. The van der Waals surface area contributed by atoms with Crippen LogP contribution in [0.3, 0.4) is 0 Å². The van der Waals surface area contributed by atoms with E-state index in [2.05, 4.69) is 34.8 Å². The van der Waals surface area contributed by atoms with Crippen LogP contribution in [0.25, 0.3) is 11.3 Å². The highest BCUT2D eigenvalue weighted by Crippen LogP contribution is 2.27. The number of carbonyl (C=O) groups is 1. The van der Waals surface area contributed by atoms with Crippen molar-refractivity contribution in [1.29, 1.82) is 0 Å². The fourth-order valence-corrected chi connectivity index (χ4v) is 3.00. The SMILES string of the molecule is COc1ccc(CNC(=O)Cn2cc(-c3cccc(NC(C)C)c3)nn2)cc1OC. The van der Waals surface area contributed by atoms with Crippen molar-refractivity contribution in [3.05, 3.63) is 54.2 Å². The summed E-state index contributed by atoms with van der Waals surface area (Å²) >= 11 is 0. The number of carbonyl (C=O) groups excluding carboxylic acids is 1. The quantitative estimate of drug-likeness (QED) is 0.564. The second-order valence-corrected chi connectivity index (χ2v) is 7.15. The Morgan fingerprint density at radius 2 is 1.90 bits per heavy atom. The van der Waals surface area contributed by atoms with E-state index in [4.69, 9.17) is 9.47 Å². The minimum Gasteiger partial charge on any atom is -0.493 e. The molecule has 0 radical (unpaired) electrons. The van der Waals surface area contributed by atoms with Crippen LogP contribution in [0.15, 0.2) is 48.7 Å². The van der Waals surface area contributed by atoms with E-state index in [0.717, 1.165) is 22.5 Å². The first kappa shape index (κ1) is 21.2. The van der Waals surface area contributed by atoms with Gasteiger partial charge in [0.05, 0.1) is 20.4 Å². The standard InChI is InChI=1S/C22H27N5O3/c1-15(2)24-18-7-5-6-17(11-18)19-13-27(26-25-19)14-22(28)23-12-16-8-9-20(29-3)21(10-16)30-4/h5-11,13,15,24H,12,14H2,1-4H3,(H,23,28). The number of ether oxygens (including phenoxy) is 2. The van der Waals surface area contributed by atoms with E-state index in [-0.39, 0.29) is 12.5 Å². The summed E-state index contributed by atoms with van der Waals surface area (Å²) in [4.78, 5) is 12.3. The summed E-state index contributed by atoms with van der Waals surface area (Å²) in [5.41, 5.74) is 3.59. The maximum Gasteiger partial charge on any atom is 0.242 e. The number of nitrogens with zero attached hydrogens (tertiary/aromatic N) is 3. The van der Waals surface area contributed by atoms with Gasteiger partial charge in [-0.2, -0.15) is 0 Å². The first-order chi connectivity index (χ1) is 14.5. The molecule has 0 spiro atoms. The van der Waals surface area contributed by atoms with Crippen LogP contribution in [0, 0.1) is 0 Å². The van der Waals surface area contributed by atoms with Gasteiger partial charge in [0, 0.05) is 23.8 Å². The van der Waals surface area contributed by atoms with Gasteiger partial charge in [-0.05, 0) is 43.7 Å². The van der Waals surface area contributed by atoms with E-state index in [1.165, 1.54) is 4.68 Å². The highest BCUT2D eigenvalue weighted by Gasteiger charge is 2.10. The first-order valence-electron chi connectivity index (χ1n) is 9.73. The topological polar surface area (TPSA) is 90.3 Å². The zero-order valence-electron chi connectivity index (χ0n) is 17.7. The van der Waals surface area contributed by atoms with Gasteiger partial charge >= 0.3 is 0 Å². The van der Waals surface area contributed by atoms with Gasteiger partial charge in [0.25, 0.3) is 0 Å². The van der Waals surface area contributed by atoms with Gasteiger partial charge in [0.15, 0.2) is 11.5 Å². The zero-order valence-corrected chi connectivity index (χ0v) is 17.7. The Hall–Kier alpha value is -3.55. The molecule has 0 bridgehead atoms. The second-order valence-electron chi connectivity index (χ2n) is 7.15. The van der Waals surface area contributed by atoms with E-state index in [1.807, 2.05) is 42.5 Å². The molecule has 0 saturated heterocycles. The van der Waals surface area contributed by atoms with Crippen LogP contribution in [0.1, 0.15) is 19.4 Å². The Morgan fingerprint density at radius 1 is 1.10 bits per heavy atom. The molecular weight excluding hydrogens is 382 g/mol. The number of methoxy groups -OCH3 is 2. The van der Waals surface area contributed by atoms with Crippen molar-refractivity contribution in [2.75, 3.05) is 19.5 Å². The van der Waals surface area contributed by atoms with Crippen LogP contribution in [-0.2, 0) is 17.9 Å². The molecule has 1 amide bonds. The molecule has 2 aromatic carbocycles. The maximum atomic E-state index is 12.3. The largest absolute Gasteiger partial charge is 0.493 e. The van der Waals surface area contributed by atoms with Crippen molar-refractivity contribution in [2.45, 2.75) is 33.0 Å². The molecule has 158 valence electrons. The van der Waals surface area contributed by atoms with Gasteiger partial charge in [-0.15, -0.1) is 5.10 Å². The van der Waals surface area contributed by atoms with E-state index >= 15 is 0 Å². The van der Waals surface area contributed by atoms with Gasteiger partial charge in [0.1, 0.15) is 12.2 Å². The third kappa shape index (κ3) is 5.50. The molecule has 0 aliphatic rings. The fourth-order valence-electron chi connectivity index (χ4n) is 3.00. The first-order valence-corrected chi connectivity index (χ1v) is 9.73. The lowest BCUT2D eigenvalue weighted by Crippen LogP contribution is -2.27. The Labute approximate surface area is 176 Å². The van der Waals surface area contributed by atoms with Crippen molar-refractivity contribution >= 4 is 11.6 Å². The molecule has 0 aliphatic heterocycles. The van der Waals surface area contributed by atoms with E-state index in [1.54, 1.807) is 20.4 Å². The minimum absolute atomic E-state index is 0.0875. The fraction of sp³-hybridized carbons (Fsp3) is 0.318. The number of amides is 1. The number of nitrogens with one attached hydrogen (secondary N) is 2. The molecule has 3 aromatic rings. The molecule has 0 fully saturated rings. The Bertz CT molecular complexity index is 1000. The number of aromatic nitrogens is 3. The number of hydrogen-bond acceptors (Lipinski definition) is 6. The van der Waals surface area contributed by atoms with Crippen molar-refractivity contribution in [3.63, 3.8) is 0 Å². The van der Waals surface area contributed by atoms with Crippen molar-refractivity contribution in [2.24, 2.45) is 0 Å². The highest BCUT2D eigenvalue weighted by molar-refractivity contribution is 5.75. The number of anilines is 1. The summed E-state index contributed by atoms with van der Waals surface area (Å²) in [6.07, 6.45) is 1.77. The van der Waals surface area contributed by atoms with Crippen molar-refractivity contribution in [1.82, 2.24) is 20.3 Å². The Balaban J connectivity index is 1.59. The molecular formula is C22H27N5O3. The van der Waals surface area contributed by atoms with Gasteiger partial charge in [-0.1, -0.05) is 23.4 Å². The van der Waals surface area contributed by atoms with Crippen LogP contribution in [-0.4, -0.2) is 41.2 Å². The number of rotatable bonds is 9. The molecule has 0 unspecified atom stereocenters. The average molecular weight is 409 g/mol. The monoisotopic (exact) mass is 409 g/mol. The van der Waals surface area contributed by atoms with Crippen molar-refractivity contribution in [3.8, 4) is 22.8 Å². The lowest BCUT2D eigenvalue weighted by Gasteiger charge is -2.10. The van der Waals surface area contributed by atoms with Crippen LogP contribution in [0.2, 0.25) is 0 Å². The summed E-state index contributed by atoms with van der Waals surface area (Å²) < 4.78 is 12.0. The summed E-state index contributed by atoms with van der Waals surface area (Å²) in [5.74, 6) is 1.12. The molecule has 2 N–H and O–H groups in total. The van der Waals surface area contributed by atoms with E-state index in [9.17, 15) is 4.79 Å². The summed E-state index contributed by atoms with van der Waals surface area (Å²) in [6.45, 7) is 4.64. The second kappa shape index (κ2) is 9.78. The Morgan fingerprint density at radius 3 is 2.63 bits per heavy atom. The molecule has 3 rings (SSSR count). The molecule has 0 atom stereocenters. The predicted octanol–water partition coefficient (Wildman–Crippen LogP) is 3.10. The summed E-state index contributed by atoms with van der Waals surface area (Å²) in [5, 5.41) is 14.5. The van der Waals surface area contributed by atoms with E-state index in [0.29, 0.717) is 24.1 Å². The van der Waals surface area contributed by atoms with Crippen molar-refractivity contribution < 1.29 is 14.3 Å². The molecule has 1 heterocycles. The molecule has 8 heteroatoms. The normalized spacial score (nSPS) is 10.7. The maximum absolute atomic E-state index is 12.3. The van der Waals surface area contributed by atoms with Crippen LogP contribution >= 0.6 is 0 Å². The molecule has 30 heavy (non-hydrogen) atoms. The summed E-state index contributed by atoms with van der Waals surface area (Å²) in [6, 6.07) is 13.8. The third-order valence-electron chi connectivity index (χ3n) is 4.40. The lowest BCUT2D eigenvalue weighted by molar-refractivity contribution is -0.122. The molecule has 0 aliphatic carbocycles. The smallest absolute Gasteiger partial charge is 0.242 e. The van der Waals surface area contributed by atoms with Crippen LogP contribution < -0.4 is 20.1 Å². The Kier molecular flexibility index (Phi) is 6.90. The predicted molar refractivity (Wildman–Crippen MR) is 116 cm³/mol. The van der Waals surface area contributed by atoms with Crippen LogP contribution in [0.5, 0.6) is 11.5 Å². The van der Waals surface area contributed by atoms with E-state index < -0.39 is 0 Å². The van der Waals surface area contributed by atoms with Gasteiger partial charge in [-0.3, -0.25) is 4.79 Å². The average Bonchev–Trinajstić information content (AvgIpc) is 3.20. The van der Waals surface area contributed by atoms with Gasteiger partial charge in [0.2, 0.25) is 5.91 Å². The van der Waals surface area contributed by atoms with Gasteiger partial charge in [-0.25, -0.2) is 4.68 Å². The van der Waals surface area contributed by atoms with Crippen LogP contribution in [0.4, 0.5) is 5.69 Å². The number of hydrogen-bond donors (Lipinski definition) is 2. The third-order valence-corrected chi connectivity index (χ3v) is 4.40. The molecule has 8 nitrogen and oxygen atoms in total. The van der Waals surface area contributed by atoms with Gasteiger partial charge < -0.3 is 20.1 Å². The lowest BCUT2D eigenvalue weighted by atomic mass is 10.1.